The van der Waals surface area contributed by atoms with Crippen molar-refractivity contribution in [3.8, 4) is 5.69 Å². The van der Waals surface area contributed by atoms with Crippen molar-refractivity contribution in [2.75, 3.05) is 5.32 Å². The molecular formula is C21H21F3N6O3. The molecule has 0 unspecified atom stereocenters. The van der Waals surface area contributed by atoms with Gasteiger partial charge in [-0.25, -0.2) is 14.6 Å². The molecule has 3 N–H and O–H groups in total. The van der Waals surface area contributed by atoms with E-state index in [1.807, 2.05) is 0 Å². The van der Waals surface area contributed by atoms with E-state index in [-0.39, 0.29) is 18.8 Å². The summed E-state index contributed by atoms with van der Waals surface area (Å²) in [5.41, 5.74) is -0.183. The van der Waals surface area contributed by atoms with Gasteiger partial charge in [0.25, 0.3) is 0 Å². The van der Waals surface area contributed by atoms with E-state index in [0.29, 0.717) is 29.9 Å². The van der Waals surface area contributed by atoms with Crippen LogP contribution in [0.25, 0.3) is 5.69 Å². The van der Waals surface area contributed by atoms with Crippen LogP contribution in [0, 0.1) is 12.8 Å². The molecule has 0 aliphatic heterocycles. The summed E-state index contributed by atoms with van der Waals surface area (Å²) < 4.78 is 40.2. The summed E-state index contributed by atoms with van der Waals surface area (Å²) in [5, 5.41) is 31.1. The molecular weight excluding hydrogens is 441 g/mol. The molecule has 0 radical (unpaired) electrons. The molecule has 3 aromatic rings. The normalized spacial score (nSPS) is 21.1. The van der Waals surface area contributed by atoms with E-state index in [9.17, 15) is 23.1 Å². The zero-order chi connectivity index (χ0) is 23.8. The van der Waals surface area contributed by atoms with Crippen LogP contribution in [-0.4, -0.2) is 41.1 Å². The van der Waals surface area contributed by atoms with Crippen LogP contribution in [0.1, 0.15) is 42.6 Å². The predicted octanol–water partition coefficient (Wildman–Crippen LogP) is 3.59. The van der Waals surface area contributed by atoms with Crippen molar-refractivity contribution in [3.05, 3.63) is 53.6 Å². The zero-order valence-electron chi connectivity index (χ0n) is 17.5. The van der Waals surface area contributed by atoms with Crippen molar-refractivity contribution in [2.45, 2.75) is 44.4 Å². The summed E-state index contributed by atoms with van der Waals surface area (Å²) >= 11 is 0. The minimum Gasteiger partial charge on any atom is -0.481 e. The fraction of sp³-hybridized carbons (Fsp3) is 0.381. The molecule has 174 valence electrons. The number of hydrogen-bond acceptors (Lipinski definition) is 7. The van der Waals surface area contributed by atoms with E-state index in [1.54, 1.807) is 31.3 Å². The molecule has 0 saturated heterocycles. The summed E-state index contributed by atoms with van der Waals surface area (Å²) in [5.74, 6) is -1.56. The van der Waals surface area contributed by atoms with Crippen molar-refractivity contribution >= 4 is 17.6 Å². The van der Waals surface area contributed by atoms with Gasteiger partial charge in [0.15, 0.2) is 0 Å². The number of carboxylic acid groups (broad SMARTS) is 1. The first kappa shape index (κ1) is 22.6. The molecule has 2 heterocycles. The van der Waals surface area contributed by atoms with Gasteiger partial charge in [0, 0.05) is 11.9 Å². The Morgan fingerprint density at radius 3 is 2.64 bits per heavy atom. The van der Waals surface area contributed by atoms with E-state index >= 15 is 0 Å². The van der Waals surface area contributed by atoms with Gasteiger partial charge in [-0.1, -0.05) is 5.21 Å². The topological polar surface area (TPSA) is 126 Å². The third-order valence-electron chi connectivity index (χ3n) is 5.66. The van der Waals surface area contributed by atoms with Crippen molar-refractivity contribution in [3.63, 3.8) is 0 Å². The number of carboxylic acids is 1. The number of carbonyl (C=O) groups is 1. The number of aromatic nitrogens is 5. The second-order valence-electron chi connectivity index (χ2n) is 8.14. The first-order valence-corrected chi connectivity index (χ1v) is 10.2. The Labute approximate surface area is 186 Å². The largest absolute Gasteiger partial charge is 0.481 e. The molecule has 1 aliphatic rings. The number of aliphatic carboxylic acids is 1. The number of nitrogens with zero attached hydrogens (tertiary/aromatic N) is 5. The molecule has 1 saturated carbocycles. The molecule has 1 aliphatic carbocycles. The molecule has 0 bridgehead atoms. The summed E-state index contributed by atoms with van der Waals surface area (Å²) in [6.07, 6.45) is -0.786. The van der Waals surface area contributed by atoms with Gasteiger partial charge in [-0.05, 0) is 62.4 Å². The standard InChI is InChI=1S/C21H21F3N6O3/c1-12-8-14(26-19-25-7-4-16(27-19)21(22,23)24)10-15(9-12)30-11-17(28-29-30)20(33)5-2-13(3-6-20)18(31)32/h4,7-11,13,33H,2-3,5-6H2,1H3,(H,31,32)(H,25,26,27)/t13-,20+. The third-order valence-corrected chi connectivity index (χ3v) is 5.66. The predicted molar refractivity (Wildman–Crippen MR) is 110 cm³/mol. The van der Waals surface area contributed by atoms with Gasteiger partial charge in [-0.3, -0.25) is 4.79 Å². The Morgan fingerprint density at radius 1 is 1.24 bits per heavy atom. The molecule has 12 heteroatoms. The third kappa shape index (κ3) is 4.95. The van der Waals surface area contributed by atoms with Crippen molar-refractivity contribution < 1.29 is 28.2 Å². The zero-order valence-corrected chi connectivity index (χ0v) is 17.5. The maximum atomic E-state index is 12.9. The number of alkyl halides is 3. The van der Waals surface area contributed by atoms with Crippen LogP contribution in [-0.2, 0) is 16.6 Å². The maximum Gasteiger partial charge on any atom is 0.433 e. The minimum atomic E-state index is -4.59. The highest BCUT2D eigenvalue weighted by Gasteiger charge is 2.39. The van der Waals surface area contributed by atoms with Crippen LogP contribution in [0.2, 0.25) is 0 Å². The Kier molecular flexibility index (Phi) is 5.78. The van der Waals surface area contributed by atoms with Crippen LogP contribution in [0.5, 0.6) is 0 Å². The number of halogens is 3. The van der Waals surface area contributed by atoms with Crippen molar-refractivity contribution in [1.82, 2.24) is 25.0 Å². The lowest BCUT2D eigenvalue weighted by molar-refractivity contribution is -0.145. The molecule has 4 rings (SSSR count). The molecule has 1 aromatic carbocycles. The van der Waals surface area contributed by atoms with Gasteiger partial charge in [0.2, 0.25) is 5.95 Å². The van der Waals surface area contributed by atoms with Crippen LogP contribution in [0.15, 0.2) is 36.7 Å². The number of rotatable bonds is 5. The van der Waals surface area contributed by atoms with Gasteiger partial charge in [-0.15, -0.1) is 5.10 Å². The summed E-state index contributed by atoms with van der Waals surface area (Å²) in [7, 11) is 0. The fourth-order valence-corrected chi connectivity index (χ4v) is 3.87. The first-order valence-electron chi connectivity index (χ1n) is 10.2. The minimum absolute atomic E-state index is 0.204. The summed E-state index contributed by atoms with van der Waals surface area (Å²) in [6, 6.07) is 5.94. The number of aliphatic hydroxyl groups is 1. The first-order chi connectivity index (χ1) is 15.5. The van der Waals surface area contributed by atoms with Crippen LogP contribution in [0.3, 0.4) is 0 Å². The monoisotopic (exact) mass is 462 g/mol. The molecule has 9 nitrogen and oxygen atoms in total. The quantitative estimate of drug-likeness (QED) is 0.525. The molecule has 0 spiro atoms. The number of hydrogen-bond donors (Lipinski definition) is 3. The summed E-state index contributed by atoms with van der Waals surface area (Å²) in [6.45, 7) is 1.81. The van der Waals surface area contributed by atoms with E-state index in [4.69, 9.17) is 5.11 Å². The SMILES string of the molecule is Cc1cc(Nc2nccc(C(F)(F)F)n2)cc(-n2cc([C@]3(O)CC[C@@H](C(=O)O)CC3)nn2)c1. The lowest BCUT2D eigenvalue weighted by Gasteiger charge is -2.32. The Balaban J connectivity index is 1.56. The lowest BCUT2D eigenvalue weighted by atomic mass is 9.77. The second kappa shape index (κ2) is 8.43. The molecule has 33 heavy (non-hydrogen) atoms. The highest BCUT2D eigenvalue weighted by atomic mass is 19.4. The summed E-state index contributed by atoms with van der Waals surface area (Å²) in [4.78, 5) is 18.5. The Bertz CT molecular complexity index is 1170. The number of aryl methyl sites for hydroxylation is 1. The van der Waals surface area contributed by atoms with Crippen LogP contribution < -0.4 is 5.32 Å². The van der Waals surface area contributed by atoms with E-state index < -0.39 is 29.4 Å². The van der Waals surface area contributed by atoms with E-state index in [0.717, 1.165) is 17.8 Å². The smallest absolute Gasteiger partial charge is 0.433 e. The molecule has 0 atom stereocenters. The average molecular weight is 462 g/mol. The average Bonchev–Trinajstić information content (AvgIpc) is 3.25. The highest BCUT2D eigenvalue weighted by Crippen LogP contribution is 2.39. The number of nitrogens with one attached hydrogen (secondary N) is 1. The Hall–Kier alpha value is -3.54. The van der Waals surface area contributed by atoms with Crippen molar-refractivity contribution in [2.24, 2.45) is 5.92 Å². The number of anilines is 2. The fourth-order valence-electron chi connectivity index (χ4n) is 3.87. The van der Waals surface area contributed by atoms with Crippen LogP contribution in [0.4, 0.5) is 24.8 Å². The van der Waals surface area contributed by atoms with E-state index in [1.165, 1.54) is 4.68 Å². The molecule has 1 fully saturated rings. The molecule has 0 amide bonds. The Morgan fingerprint density at radius 2 is 1.97 bits per heavy atom. The van der Waals surface area contributed by atoms with Gasteiger partial charge < -0.3 is 15.5 Å². The highest BCUT2D eigenvalue weighted by molar-refractivity contribution is 5.70. The lowest BCUT2D eigenvalue weighted by Crippen LogP contribution is -2.34. The maximum absolute atomic E-state index is 12.9. The second-order valence-corrected chi connectivity index (χ2v) is 8.14. The molecule has 2 aromatic heterocycles. The van der Waals surface area contributed by atoms with Gasteiger partial charge in [0.05, 0.1) is 17.8 Å². The van der Waals surface area contributed by atoms with E-state index in [2.05, 4.69) is 25.6 Å². The van der Waals surface area contributed by atoms with Crippen molar-refractivity contribution in [1.29, 1.82) is 0 Å². The van der Waals surface area contributed by atoms with Gasteiger partial charge >= 0.3 is 12.1 Å². The number of benzene rings is 1. The van der Waals surface area contributed by atoms with Crippen LogP contribution >= 0.6 is 0 Å². The van der Waals surface area contributed by atoms with Gasteiger partial charge in [-0.2, -0.15) is 13.2 Å². The van der Waals surface area contributed by atoms with Gasteiger partial charge in [0.1, 0.15) is 17.0 Å².